The SMILES string of the molecule is Cc1cccc(CS(=O)(=O)NCc2nc(C)cc(N3CCCC3)n2)c1. The van der Waals surface area contributed by atoms with Crippen molar-refractivity contribution in [3.8, 4) is 0 Å². The van der Waals surface area contributed by atoms with Crippen LogP contribution in [0.5, 0.6) is 0 Å². The third-order valence-corrected chi connectivity index (χ3v) is 5.50. The van der Waals surface area contributed by atoms with Gasteiger partial charge in [-0.15, -0.1) is 0 Å². The quantitative estimate of drug-likeness (QED) is 0.856. The van der Waals surface area contributed by atoms with Crippen molar-refractivity contribution in [2.75, 3.05) is 18.0 Å². The molecule has 2 heterocycles. The summed E-state index contributed by atoms with van der Waals surface area (Å²) in [6, 6.07) is 9.47. The fourth-order valence-electron chi connectivity index (χ4n) is 3.05. The minimum atomic E-state index is -3.44. The average molecular weight is 360 g/mol. The zero-order valence-corrected chi connectivity index (χ0v) is 15.5. The van der Waals surface area contributed by atoms with Gasteiger partial charge in [-0.2, -0.15) is 0 Å². The van der Waals surface area contributed by atoms with Gasteiger partial charge < -0.3 is 4.90 Å². The van der Waals surface area contributed by atoms with Gasteiger partial charge in [0.25, 0.3) is 0 Å². The van der Waals surface area contributed by atoms with Crippen LogP contribution >= 0.6 is 0 Å². The van der Waals surface area contributed by atoms with Crippen LogP contribution in [0.2, 0.25) is 0 Å². The van der Waals surface area contributed by atoms with Crippen LogP contribution in [0.3, 0.4) is 0 Å². The van der Waals surface area contributed by atoms with Gasteiger partial charge in [0.15, 0.2) is 0 Å². The van der Waals surface area contributed by atoms with E-state index in [0.717, 1.165) is 35.7 Å². The molecule has 3 rings (SSSR count). The maximum Gasteiger partial charge on any atom is 0.216 e. The Kier molecular flexibility index (Phi) is 5.34. The smallest absolute Gasteiger partial charge is 0.216 e. The molecule has 0 amide bonds. The molecule has 0 spiro atoms. The normalized spacial score (nSPS) is 14.9. The predicted molar refractivity (Wildman–Crippen MR) is 98.9 cm³/mol. The fourth-order valence-corrected chi connectivity index (χ4v) is 4.12. The van der Waals surface area contributed by atoms with Gasteiger partial charge in [0.05, 0.1) is 12.3 Å². The predicted octanol–water partition coefficient (Wildman–Crippen LogP) is 2.31. The molecule has 25 heavy (non-hydrogen) atoms. The van der Waals surface area contributed by atoms with E-state index in [4.69, 9.17) is 0 Å². The van der Waals surface area contributed by atoms with Crippen molar-refractivity contribution in [3.63, 3.8) is 0 Å². The summed E-state index contributed by atoms with van der Waals surface area (Å²) >= 11 is 0. The molecule has 0 atom stereocenters. The van der Waals surface area contributed by atoms with Crippen molar-refractivity contribution in [2.45, 2.75) is 39.0 Å². The molecule has 1 aliphatic rings. The van der Waals surface area contributed by atoms with E-state index in [1.807, 2.05) is 44.2 Å². The number of rotatable bonds is 6. The molecule has 1 N–H and O–H groups in total. The summed E-state index contributed by atoms with van der Waals surface area (Å²) in [4.78, 5) is 11.1. The molecule has 7 heteroatoms. The van der Waals surface area contributed by atoms with Crippen LogP contribution in [0, 0.1) is 13.8 Å². The van der Waals surface area contributed by atoms with E-state index in [9.17, 15) is 8.42 Å². The highest BCUT2D eigenvalue weighted by Gasteiger charge is 2.16. The van der Waals surface area contributed by atoms with E-state index in [1.165, 1.54) is 12.8 Å². The van der Waals surface area contributed by atoms with Crippen molar-refractivity contribution < 1.29 is 8.42 Å². The second-order valence-electron chi connectivity index (χ2n) is 6.55. The second kappa shape index (κ2) is 7.49. The molecule has 0 bridgehead atoms. The molecule has 0 radical (unpaired) electrons. The fraction of sp³-hybridized carbons (Fsp3) is 0.444. The highest BCUT2D eigenvalue weighted by molar-refractivity contribution is 7.88. The Balaban J connectivity index is 1.67. The summed E-state index contributed by atoms with van der Waals surface area (Å²) in [7, 11) is -3.44. The largest absolute Gasteiger partial charge is 0.357 e. The number of sulfonamides is 1. The van der Waals surface area contributed by atoms with E-state index in [0.29, 0.717) is 5.82 Å². The lowest BCUT2D eigenvalue weighted by Crippen LogP contribution is -2.27. The van der Waals surface area contributed by atoms with Crippen molar-refractivity contribution in [1.29, 1.82) is 0 Å². The van der Waals surface area contributed by atoms with E-state index in [-0.39, 0.29) is 12.3 Å². The summed E-state index contributed by atoms with van der Waals surface area (Å²) in [6.07, 6.45) is 2.34. The Morgan fingerprint density at radius 1 is 1.12 bits per heavy atom. The standard InChI is InChI=1S/C18H24N4O2S/c1-14-6-5-7-16(10-14)13-25(23,24)19-12-17-20-15(2)11-18(21-17)22-8-3-4-9-22/h5-7,10-11,19H,3-4,8-9,12-13H2,1-2H3. The van der Waals surface area contributed by atoms with Crippen LogP contribution in [0.25, 0.3) is 0 Å². The van der Waals surface area contributed by atoms with Crippen molar-refractivity contribution in [1.82, 2.24) is 14.7 Å². The van der Waals surface area contributed by atoms with E-state index < -0.39 is 10.0 Å². The number of hydrogen-bond donors (Lipinski definition) is 1. The van der Waals surface area contributed by atoms with Crippen LogP contribution in [-0.4, -0.2) is 31.5 Å². The average Bonchev–Trinajstić information content (AvgIpc) is 3.07. The van der Waals surface area contributed by atoms with Crippen LogP contribution in [0.1, 0.15) is 35.5 Å². The lowest BCUT2D eigenvalue weighted by Gasteiger charge is -2.17. The first-order chi connectivity index (χ1) is 11.9. The molecule has 6 nitrogen and oxygen atoms in total. The number of aryl methyl sites for hydroxylation is 2. The topological polar surface area (TPSA) is 75.2 Å². The summed E-state index contributed by atoms with van der Waals surface area (Å²) in [6.45, 7) is 5.96. The van der Waals surface area contributed by atoms with Gasteiger partial charge in [-0.25, -0.2) is 23.1 Å². The van der Waals surface area contributed by atoms with Gasteiger partial charge in [-0.1, -0.05) is 29.8 Å². The molecule has 1 aromatic heterocycles. The molecule has 0 saturated carbocycles. The number of anilines is 1. The van der Waals surface area contributed by atoms with Gasteiger partial charge in [0.1, 0.15) is 11.6 Å². The third-order valence-electron chi connectivity index (χ3n) is 4.21. The molecule has 0 unspecified atom stereocenters. The second-order valence-corrected chi connectivity index (χ2v) is 8.35. The van der Waals surface area contributed by atoms with Gasteiger partial charge in [0.2, 0.25) is 10.0 Å². The Bertz CT molecular complexity index is 846. The monoisotopic (exact) mass is 360 g/mol. The van der Waals surface area contributed by atoms with E-state index in [1.54, 1.807) is 0 Å². The van der Waals surface area contributed by atoms with E-state index in [2.05, 4.69) is 19.6 Å². The Labute approximate surface area is 149 Å². The zero-order valence-electron chi connectivity index (χ0n) is 14.7. The van der Waals surface area contributed by atoms with Crippen molar-refractivity contribution >= 4 is 15.8 Å². The van der Waals surface area contributed by atoms with Gasteiger partial charge in [-0.3, -0.25) is 0 Å². The number of nitrogens with zero attached hydrogens (tertiary/aromatic N) is 3. The minimum Gasteiger partial charge on any atom is -0.357 e. The van der Waals surface area contributed by atoms with Crippen molar-refractivity contribution in [3.05, 3.63) is 53.0 Å². The van der Waals surface area contributed by atoms with Crippen LogP contribution < -0.4 is 9.62 Å². The molecule has 1 aromatic carbocycles. The first-order valence-corrected chi connectivity index (χ1v) is 10.2. The summed E-state index contributed by atoms with van der Waals surface area (Å²) < 4.78 is 27.3. The third kappa shape index (κ3) is 4.99. The van der Waals surface area contributed by atoms with Crippen LogP contribution in [-0.2, 0) is 22.3 Å². The molecule has 1 fully saturated rings. The molecule has 134 valence electrons. The number of nitrogens with one attached hydrogen (secondary N) is 1. The maximum atomic E-state index is 12.3. The minimum absolute atomic E-state index is 0.0422. The van der Waals surface area contributed by atoms with Crippen LogP contribution in [0.15, 0.2) is 30.3 Å². The van der Waals surface area contributed by atoms with Crippen LogP contribution in [0.4, 0.5) is 5.82 Å². The molecular weight excluding hydrogens is 336 g/mol. The molecule has 1 saturated heterocycles. The first-order valence-electron chi connectivity index (χ1n) is 8.54. The summed E-state index contributed by atoms with van der Waals surface area (Å²) in [5, 5.41) is 0. The maximum absolute atomic E-state index is 12.3. The van der Waals surface area contributed by atoms with E-state index >= 15 is 0 Å². The molecule has 2 aromatic rings. The number of aromatic nitrogens is 2. The zero-order chi connectivity index (χ0) is 17.9. The molecular formula is C18H24N4O2S. The Hall–Kier alpha value is -1.99. The van der Waals surface area contributed by atoms with Crippen molar-refractivity contribution in [2.24, 2.45) is 0 Å². The summed E-state index contributed by atoms with van der Waals surface area (Å²) in [5.41, 5.74) is 2.67. The van der Waals surface area contributed by atoms with Gasteiger partial charge >= 0.3 is 0 Å². The lowest BCUT2D eigenvalue weighted by molar-refractivity contribution is 0.578. The molecule has 1 aliphatic heterocycles. The lowest BCUT2D eigenvalue weighted by atomic mass is 10.2. The molecule has 0 aliphatic carbocycles. The van der Waals surface area contributed by atoms with Gasteiger partial charge in [-0.05, 0) is 32.3 Å². The summed E-state index contributed by atoms with van der Waals surface area (Å²) in [5.74, 6) is 1.35. The Morgan fingerprint density at radius 2 is 1.88 bits per heavy atom. The highest BCUT2D eigenvalue weighted by Crippen LogP contribution is 2.18. The Morgan fingerprint density at radius 3 is 2.60 bits per heavy atom. The number of benzene rings is 1. The highest BCUT2D eigenvalue weighted by atomic mass is 32.2. The van der Waals surface area contributed by atoms with Gasteiger partial charge in [0, 0.05) is 24.8 Å². The first kappa shape index (κ1) is 17.8. The number of hydrogen-bond acceptors (Lipinski definition) is 5.